The molecule has 2 heterocycles. The Balaban J connectivity index is 2.74. The molecule has 0 amide bonds. The quantitative estimate of drug-likeness (QED) is 0.864. The largest absolute Gasteiger partial charge is 0.431 e. The number of hydrogen-bond donors (Lipinski definition) is 1. The van der Waals surface area contributed by atoms with E-state index in [-0.39, 0.29) is 17.3 Å². The molecular formula is C13H13F3N2O. The Hall–Kier alpha value is -1.85. The highest BCUT2D eigenvalue weighted by Gasteiger charge is 2.34. The molecule has 0 aromatic rings. The molecule has 0 unspecified atom stereocenters. The van der Waals surface area contributed by atoms with Gasteiger partial charge in [-0.25, -0.2) is 0 Å². The molecule has 0 bridgehead atoms. The lowest BCUT2D eigenvalue weighted by Gasteiger charge is -2.15. The summed E-state index contributed by atoms with van der Waals surface area (Å²) in [5.74, 6) is -0.0562. The van der Waals surface area contributed by atoms with Crippen molar-refractivity contribution >= 4 is 0 Å². The summed E-state index contributed by atoms with van der Waals surface area (Å²) in [6.07, 6.45) is -4.49. The summed E-state index contributed by atoms with van der Waals surface area (Å²) in [5.41, 5.74) is -0.274. The number of nitrogens with one attached hydrogen (secondary N) is 1. The Bertz CT molecular complexity index is 644. The van der Waals surface area contributed by atoms with Crippen LogP contribution in [0.4, 0.5) is 13.2 Å². The maximum atomic E-state index is 12.7. The first kappa shape index (κ1) is 13.6. The molecule has 0 aromatic carbocycles. The molecule has 0 saturated carbocycles. The predicted molar refractivity (Wildman–Crippen MR) is 65.3 cm³/mol. The van der Waals surface area contributed by atoms with E-state index in [4.69, 9.17) is 0 Å². The van der Waals surface area contributed by atoms with E-state index in [9.17, 15) is 18.0 Å². The maximum Gasteiger partial charge on any atom is 0.431 e. The zero-order valence-electron chi connectivity index (χ0n) is 10.7. The van der Waals surface area contributed by atoms with Crippen molar-refractivity contribution in [2.75, 3.05) is 0 Å². The highest BCUT2D eigenvalue weighted by atomic mass is 19.4. The number of halogens is 3. The molecule has 2 aliphatic heterocycles. The predicted octanol–water partition coefficient (Wildman–Crippen LogP) is 3.33. The van der Waals surface area contributed by atoms with Crippen LogP contribution in [-0.2, 0) is 6.18 Å². The van der Waals surface area contributed by atoms with Crippen LogP contribution in [0, 0.1) is 6.92 Å². The van der Waals surface area contributed by atoms with Gasteiger partial charge in [-0.05, 0) is 30.5 Å². The number of alkyl halides is 3. The molecule has 0 fully saturated rings. The van der Waals surface area contributed by atoms with Gasteiger partial charge in [-0.3, -0.25) is 4.79 Å². The van der Waals surface area contributed by atoms with Gasteiger partial charge in [0.2, 0.25) is 0 Å². The second-order valence-electron chi connectivity index (χ2n) is 4.80. The van der Waals surface area contributed by atoms with Crippen molar-refractivity contribution in [3.05, 3.63) is 39.3 Å². The molecule has 2 rings (SSSR count). The van der Waals surface area contributed by atoms with Gasteiger partial charge in [-0.15, -0.1) is 0 Å². The van der Waals surface area contributed by atoms with Crippen molar-refractivity contribution in [2.45, 2.75) is 32.9 Å². The number of aromatic amines is 1. The third-order valence-corrected chi connectivity index (χ3v) is 2.96. The number of pyridine rings is 2. The van der Waals surface area contributed by atoms with Gasteiger partial charge in [-0.2, -0.15) is 18.2 Å². The van der Waals surface area contributed by atoms with E-state index in [1.165, 1.54) is 13.0 Å². The van der Waals surface area contributed by atoms with E-state index in [1.54, 1.807) is 6.07 Å². The molecule has 0 saturated heterocycles. The van der Waals surface area contributed by atoms with Crippen molar-refractivity contribution in [3.8, 4) is 11.4 Å². The minimum absolute atomic E-state index is 0.0213. The van der Waals surface area contributed by atoms with Crippen molar-refractivity contribution in [1.82, 2.24) is 9.97 Å². The molecule has 102 valence electrons. The van der Waals surface area contributed by atoms with Crippen molar-refractivity contribution in [3.63, 3.8) is 0 Å². The minimum Gasteiger partial charge on any atom is -0.335 e. The Morgan fingerprint density at radius 3 is 2.42 bits per heavy atom. The van der Waals surface area contributed by atoms with Gasteiger partial charge in [0, 0.05) is 11.1 Å². The van der Waals surface area contributed by atoms with Crippen molar-refractivity contribution < 1.29 is 13.2 Å². The molecule has 6 heteroatoms. The highest BCUT2D eigenvalue weighted by molar-refractivity contribution is 5.59. The summed E-state index contributed by atoms with van der Waals surface area (Å²) in [4.78, 5) is 17.6. The lowest BCUT2D eigenvalue weighted by molar-refractivity contribution is -0.141. The van der Waals surface area contributed by atoms with Crippen LogP contribution in [0.5, 0.6) is 0 Å². The molecule has 0 radical (unpaired) electrons. The summed E-state index contributed by atoms with van der Waals surface area (Å²) in [6, 6.07) is 2.99. The minimum atomic E-state index is -4.49. The Morgan fingerprint density at radius 2 is 1.89 bits per heavy atom. The average Bonchev–Trinajstić information content (AvgIpc) is 2.26. The van der Waals surface area contributed by atoms with Crippen LogP contribution < -0.4 is 5.56 Å². The number of rotatable bonds is 1. The van der Waals surface area contributed by atoms with Crippen LogP contribution in [0.2, 0.25) is 0 Å². The summed E-state index contributed by atoms with van der Waals surface area (Å²) in [7, 11) is 0. The number of aromatic nitrogens is 2. The monoisotopic (exact) mass is 270 g/mol. The maximum absolute atomic E-state index is 12.7. The van der Waals surface area contributed by atoms with Crippen LogP contribution in [0.1, 0.15) is 36.6 Å². The number of aryl methyl sites for hydroxylation is 1. The molecule has 0 aliphatic carbocycles. The molecule has 19 heavy (non-hydrogen) atoms. The van der Waals surface area contributed by atoms with E-state index in [0.29, 0.717) is 11.1 Å². The molecule has 0 aromatic heterocycles. The Labute approximate surface area is 107 Å². The standard InChI is InChI=1S/C13H13F3N2O/c1-6(2)9-5-8-4-7(3)10(13(14,15)16)17-11(8)18-12(9)19/h4-6H,1-3H3,(H,17,18,19). The van der Waals surface area contributed by atoms with E-state index in [2.05, 4.69) is 9.97 Å². The molecule has 2 aliphatic rings. The van der Waals surface area contributed by atoms with Crippen LogP contribution in [0.15, 0.2) is 16.9 Å². The van der Waals surface area contributed by atoms with Crippen LogP contribution >= 0.6 is 0 Å². The first-order chi connectivity index (χ1) is 8.70. The number of H-pyrrole nitrogens is 1. The molecular weight excluding hydrogens is 257 g/mol. The van der Waals surface area contributed by atoms with Gasteiger partial charge < -0.3 is 4.98 Å². The average molecular weight is 270 g/mol. The van der Waals surface area contributed by atoms with Gasteiger partial charge in [0.15, 0.2) is 0 Å². The van der Waals surface area contributed by atoms with E-state index in [0.717, 1.165) is 0 Å². The summed E-state index contributed by atoms with van der Waals surface area (Å²) in [6.45, 7) is 5.05. The van der Waals surface area contributed by atoms with E-state index >= 15 is 0 Å². The summed E-state index contributed by atoms with van der Waals surface area (Å²) < 4.78 is 38.2. The summed E-state index contributed by atoms with van der Waals surface area (Å²) >= 11 is 0. The number of fused-ring (bicyclic) bond motifs is 1. The van der Waals surface area contributed by atoms with Crippen molar-refractivity contribution in [2.24, 2.45) is 0 Å². The van der Waals surface area contributed by atoms with Crippen LogP contribution in [-0.4, -0.2) is 9.97 Å². The fourth-order valence-electron chi connectivity index (χ4n) is 1.97. The lowest BCUT2D eigenvalue weighted by Crippen LogP contribution is -2.18. The number of nitrogens with zero attached hydrogens (tertiary/aromatic N) is 1. The van der Waals surface area contributed by atoms with Gasteiger partial charge in [0.1, 0.15) is 11.5 Å². The second kappa shape index (κ2) is 4.36. The van der Waals surface area contributed by atoms with Gasteiger partial charge in [0.25, 0.3) is 5.56 Å². The third kappa shape index (κ3) is 2.47. The fraction of sp³-hybridized carbons (Fsp3) is 0.385. The highest BCUT2D eigenvalue weighted by Crippen LogP contribution is 2.33. The first-order valence-electron chi connectivity index (χ1n) is 5.82. The molecule has 0 spiro atoms. The molecule has 1 N–H and O–H groups in total. The first-order valence-corrected chi connectivity index (χ1v) is 5.82. The van der Waals surface area contributed by atoms with Gasteiger partial charge >= 0.3 is 6.18 Å². The third-order valence-electron chi connectivity index (χ3n) is 2.96. The Morgan fingerprint density at radius 1 is 1.26 bits per heavy atom. The zero-order valence-corrected chi connectivity index (χ0v) is 10.7. The lowest BCUT2D eigenvalue weighted by atomic mass is 10.0. The second-order valence-corrected chi connectivity index (χ2v) is 4.80. The zero-order chi connectivity index (χ0) is 14.4. The molecule has 0 atom stereocenters. The van der Waals surface area contributed by atoms with E-state index < -0.39 is 17.4 Å². The normalized spacial score (nSPS) is 12.4. The van der Waals surface area contributed by atoms with Crippen LogP contribution in [0.25, 0.3) is 11.4 Å². The van der Waals surface area contributed by atoms with Gasteiger partial charge in [-0.1, -0.05) is 13.8 Å². The summed E-state index contributed by atoms with van der Waals surface area (Å²) in [5, 5.41) is 0. The van der Waals surface area contributed by atoms with Crippen LogP contribution in [0.3, 0.4) is 0 Å². The SMILES string of the molecule is Cc1cc2cc(C(C)C)c(=O)nc-2[nH]c1C(F)(F)F. The Kier molecular flexibility index (Phi) is 3.12. The fourth-order valence-corrected chi connectivity index (χ4v) is 1.97. The van der Waals surface area contributed by atoms with Crippen molar-refractivity contribution in [1.29, 1.82) is 0 Å². The van der Waals surface area contributed by atoms with Gasteiger partial charge in [0.05, 0.1) is 0 Å². The van der Waals surface area contributed by atoms with E-state index in [1.807, 2.05) is 13.8 Å². The number of hydrogen-bond acceptors (Lipinski definition) is 2. The smallest absolute Gasteiger partial charge is 0.335 e. The molecule has 3 nitrogen and oxygen atoms in total. The topological polar surface area (TPSA) is 45.8 Å².